The number of aryl methyl sites for hydroxylation is 2. The largest absolute Gasteiger partial charge is 0.399 e. The Hall–Kier alpha value is -1.76. The lowest BCUT2D eigenvalue weighted by atomic mass is 9.82. The van der Waals surface area contributed by atoms with Crippen LogP contribution in [0.15, 0.2) is 36.4 Å². The van der Waals surface area contributed by atoms with Crippen molar-refractivity contribution in [3.05, 3.63) is 53.1 Å². The number of hydrogen-bond acceptors (Lipinski definition) is 1. The summed E-state index contributed by atoms with van der Waals surface area (Å²) >= 11 is 0. The average Bonchev–Trinajstić information content (AvgIpc) is 2.29. The van der Waals surface area contributed by atoms with Crippen molar-refractivity contribution < 1.29 is 0 Å². The predicted molar refractivity (Wildman–Crippen MR) is 84.5 cm³/mol. The van der Waals surface area contributed by atoms with Gasteiger partial charge in [0, 0.05) is 5.69 Å². The molecule has 0 atom stereocenters. The Balaban J connectivity index is 2.57. The molecule has 1 heteroatoms. The van der Waals surface area contributed by atoms with Gasteiger partial charge in [0.15, 0.2) is 0 Å². The van der Waals surface area contributed by atoms with Crippen molar-refractivity contribution in [2.45, 2.75) is 40.0 Å². The van der Waals surface area contributed by atoms with Crippen molar-refractivity contribution in [2.24, 2.45) is 0 Å². The molecule has 0 bridgehead atoms. The fourth-order valence-electron chi connectivity index (χ4n) is 2.50. The van der Waals surface area contributed by atoms with Gasteiger partial charge in [-0.1, -0.05) is 45.0 Å². The van der Waals surface area contributed by atoms with Crippen molar-refractivity contribution >= 4 is 5.69 Å². The predicted octanol–water partition coefficient (Wildman–Crippen LogP) is 4.85. The summed E-state index contributed by atoms with van der Waals surface area (Å²) in [5.41, 5.74) is 13.4. The monoisotopic (exact) mass is 253 g/mol. The first-order chi connectivity index (χ1) is 8.79. The molecule has 0 aliphatic rings. The molecule has 1 nitrogen and oxygen atoms in total. The van der Waals surface area contributed by atoms with Crippen LogP contribution < -0.4 is 5.73 Å². The minimum Gasteiger partial charge on any atom is -0.399 e. The fraction of sp³-hybridized carbons (Fsp3) is 0.333. The van der Waals surface area contributed by atoms with Crippen LogP contribution in [0, 0.1) is 13.8 Å². The second-order valence-electron chi connectivity index (χ2n) is 6.36. The maximum Gasteiger partial charge on any atom is 0.0314 e. The lowest BCUT2D eigenvalue weighted by Crippen LogP contribution is -2.12. The number of rotatable bonds is 1. The molecule has 0 heterocycles. The molecule has 0 saturated carbocycles. The molecule has 2 aromatic carbocycles. The van der Waals surface area contributed by atoms with Crippen LogP contribution in [-0.2, 0) is 5.41 Å². The summed E-state index contributed by atoms with van der Waals surface area (Å²) in [5.74, 6) is 0. The van der Waals surface area contributed by atoms with Gasteiger partial charge >= 0.3 is 0 Å². The number of anilines is 1. The summed E-state index contributed by atoms with van der Waals surface area (Å²) < 4.78 is 0. The van der Waals surface area contributed by atoms with Crippen LogP contribution in [0.5, 0.6) is 0 Å². The molecule has 2 aromatic rings. The molecule has 2 N–H and O–H groups in total. The number of nitrogen functional groups attached to an aromatic ring is 1. The summed E-state index contributed by atoms with van der Waals surface area (Å²) in [6.07, 6.45) is 0. The van der Waals surface area contributed by atoms with Gasteiger partial charge in [-0.2, -0.15) is 0 Å². The van der Waals surface area contributed by atoms with E-state index in [9.17, 15) is 0 Å². The van der Waals surface area contributed by atoms with E-state index in [2.05, 4.69) is 58.9 Å². The van der Waals surface area contributed by atoms with Gasteiger partial charge in [0.25, 0.3) is 0 Å². The van der Waals surface area contributed by atoms with E-state index >= 15 is 0 Å². The zero-order valence-electron chi connectivity index (χ0n) is 12.5. The molecule has 0 amide bonds. The molecular weight excluding hydrogens is 230 g/mol. The zero-order chi connectivity index (χ0) is 14.2. The lowest BCUT2D eigenvalue weighted by molar-refractivity contribution is 0.589. The highest BCUT2D eigenvalue weighted by atomic mass is 14.5. The maximum absolute atomic E-state index is 5.76. The normalized spacial score (nSPS) is 11.6. The summed E-state index contributed by atoms with van der Waals surface area (Å²) in [6.45, 7) is 11.1. The Labute approximate surface area is 116 Å². The second-order valence-corrected chi connectivity index (χ2v) is 6.36. The van der Waals surface area contributed by atoms with Crippen LogP contribution in [0.3, 0.4) is 0 Å². The Morgan fingerprint density at radius 3 is 1.74 bits per heavy atom. The van der Waals surface area contributed by atoms with E-state index in [1.807, 2.05) is 12.1 Å². The summed E-state index contributed by atoms with van der Waals surface area (Å²) in [6, 6.07) is 12.7. The molecule has 0 aromatic heterocycles. The Morgan fingerprint density at radius 2 is 1.32 bits per heavy atom. The van der Waals surface area contributed by atoms with Crippen LogP contribution in [0.4, 0.5) is 5.69 Å². The van der Waals surface area contributed by atoms with E-state index in [1.54, 1.807) is 0 Å². The van der Waals surface area contributed by atoms with E-state index in [1.165, 1.54) is 27.8 Å². The Bertz CT molecular complexity index is 563. The molecule has 0 unspecified atom stereocenters. The molecular formula is C18H23N. The quantitative estimate of drug-likeness (QED) is 0.722. The molecule has 0 spiro atoms. The van der Waals surface area contributed by atoms with Gasteiger partial charge in [0.2, 0.25) is 0 Å². The first-order valence-electron chi connectivity index (χ1n) is 6.76. The molecule has 0 saturated heterocycles. The molecule has 2 rings (SSSR count). The van der Waals surface area contributed by atoms with E-state index in [0.717, 1.165) is 5.69 Å². The summed E-state index contributed by atoms with van der Waals surface area (Å²) in [7, 11) is 0. The van der Waals surface area contributed by atoms with Gasteiger partial charge in [-0.05, 0) is 59.2 Å². The van der Waals surface area contributed by atoms with Crippen LogP contribution in [0.25, 0.3) is 11.1 Å². The molecule has 0 aliphatic heterocycles. The highest BCUT2D eigenvalue weighted by molar-refractivity contribution is 5.72. The van der Waals surface area contributed by atoms with Crippen LogP contribution >= 0.6 is 0 Å². The van der Waals surface area contributed by atoms with E-state index < -0.39 is 0 Å². The Kier molecular flexibility index (Phi) is 3.40. The third-order valence-corrected chi connectivity index (χ3v) is 3.60. The zero-order valence-corrected chi connectivity index (χ0v) is 12.5. The topological polar surface area (TPSA) is 26.0 Å². The van der Waals surface area contributed by atoms with Crippen molar-refractivity contribution in [1.82, 2.24) is 0 Å². The van der Waals surface area contributed by atoms with Gasteiger partial charge in [-0.15, -0.1) is 0 Å². The molecule has 0 radical (unpaired) electrons. The summed E-state index contributed by atoms with van der Waals surface area (Å²) in [4.78, 5) is 0. The molecule has 100 valence electrons. The highest BCUT2D eigenvalue weighted by Gasteiger charge is 2.16. The van der Waals surface area contributed by atoms with Crippen molar-refractivity contribution in [1.29, 1.82) is 0 Å². The van der Waals surface area contributed by atoms with E-state index in [-0.39, 0.29) is 5.41 Å². The standard InChI is InChI=1S/C18H23N/c1-12-10-15(18(3,4)5)11-13(2)17(12)14-6-8-16(19)9-7-14/h6-11H,19H2,1-5H3. The Morgan fingerprint density at radius 1 is 0.842 bits per heavy atom. The van der Waals surface area contributed by atoms with Crippen molar-refractivity contribution in [3.63, 3.8) is 0 Å². The lowest BCUT2D eigenvalue weighted by Gasteiger charge is -2.22. The van der Waals surface area contributed by atoms with Gasteiger partial charge < -0.3 is 5.73 Å². The number of hydrogen-bond donors (Lipinski definition) is 1. The fourth-order valence-corrected chi connectivity index (χ4v) is 2.50. The van der Waals surface area contributed by atoms with Gasteiger partial charge in [-0.25, -0.2) is 0 Å². The van der Waals surface area contributed by atoms with E-state index in [0.29, 0.717) is 0 Å². The summed E-state index contributed by atoms with van der Waals surface area (Å²) in [5, 5.41) is 0. The van der Waals surface area contributed by atoms with E-state index in [4.69, 9.17) is 5.73 Å². The van der Waals surface area contributed by atoms with Gasteiger partial charge in [-0.3, -0.25) is 0 Å². The minimum absolute atomic E-state index is 0.190. The third kappa shape index (κ3) is 2.81. The molecule has 0 aliphatic carbocycles. The first-order valence-corrected chi connectivity index (χ1v) is 6.76. The third-order valence-electron chi connectivity index (χ3n) is 3.60. The maximum atomic E-state index is 5.76. The second kappa shape index (κ2) is 4.73. The molecule has 0 fully saturated rings. The van der Waals surface area contributed by atoms with Crippen LogP contribution in [0.2, 0.25) is 0 Å². The molecule has 19 heavy (non-hydrogen) atoms. The van der Waals surface area contributed by atoms with Gasteiger partial charge in [0.05, 0.1) is 0 Å². The SMILES string of the molecule is Cc1cc(C(C)(C)C)cc(C)c1-c1ccc(N)cc1. The number of nitrogens with two attached hydrogens (primary N) is 1. The first kappa shape index (κ1) is 13.7. The van der Waals surface area contributed by atoms with Crippen LogP contribution in [-0.4, -0.2) is 0 Å². The van der Waals surface area contributed by atoms with Crippen LogP contribution in [0.1, 0.15) is 37.5 Å². The van der Waals surface area contributed by atoms with Gasteiger partial charge in [0.1, 0.15) is 0 Å². The highest BCUT2D eigenvalue weighted by Crippen LogP contribution is 2.32. The van der Waals surface area contributed by atoms with Crippen molar-refractivity contribution in [2.75, 3.05) is 5.73 Å². The average molecular weight is 253 g/mol. The number of benzene rings is 2. The minimum atomic E-state index is 0.190. The van der Waals surface area contributed by atoms with Crippen molar-refractivity contribution in [3.8, 4) is 11.1 Å². The smallest absolute Gasteiger partial charge is 0.0314 e.